The van der Waals surface area contributed by atoms with Crippen molar-refractivity contribution in [3.05, 3.63) is 0 Å². The Morgan fingerprint density at radius 2 is 2.25 bits per heavy atom. The highest BCUT2D eigenvalue weighted by Gasteiger charge is 2.31. The first-order chi connectivity index (χ1) is 3.63. The van der Waals surface area contributed by atoms with Gasteiger partial charge in [-0.05, 0) is 18.8 Å². The second-order valence-corrected chi connectivity index (χ2v) is 4.17. The molecule has 0 heterocycles. The predicted molar refractivity (Wildman–Crippen MR) is 40.4 cm³/mol. The molecule has 0 spiro atoms. The Labute approximate surface area is 57.1 Å². The molecule has 1 fully saturated rings. The van der Waals surface area contributed by atoms with Gasteiger partial charge in [-0.15, -0.1) is 0 Å². The van der Waals surface area contributed by atoms with Gasteiger partial charge in [0.25, 0.3) is 0 Å². The maximum absolute atomic E-state index is 4.54. The molecule has 0 bridgehead atoms. The van der Waals surface area contributed by atoms with Crippen molar-refractivity contribution in [1.29, 1.82) is 0 Å². The summed E-state index contributed by atoms with van der Waals surface area (Å²) < 4.78 is 0.347. The highest BCUT2D eigenvalue weighted by Crippen LogP contribution is 2.39. The highest BCUT2D eigenvalue weighted by molar-refractivity contribution is 7.81. The van der Waals surface area contributed by atoms with Crippen LogP contribution < -0.4 is 0 Å². The molecule has 0 aliphatic heterocycles. The van der Waals surface area contributed by atoms with E-state index in [4.69, 9.17) is 0 Å². The van der Waals surface area contributed by atoms with Crippen LogP contribution in [0.3, 0.4) is 0 Å². The van der Waals surface area contributed by atoms with Crippen molar-refractivity contribution < 1.29 is 0 Å². The van der Waals surface area contributed by atoms with E-state index in [-0.39, 0.29) is 0 Å². The fourth-order valence-electron chi connectivity index (χ4n) is 1.32. The van der Waals surface area contributed by atoms with Crippen molar-refractivity contribution in [1.82, 2.24) is 0 Å². The zero-order chi connectivity index (χ0) is 6.20. The summed E-state index contributed by atoms with van der Waals surface area (Å²) in [6.07, 6.45) is 4.05. The average molecular weight is 130 g/mol. The number of hydrogen-bond acceptors (Lipinski definition) is 1. The molecule has 2 atom stereocenters. The van der Waals surface area contributed by atoms with E-state index in [0.717, 1.165) is 5.92 Å². The van der Waals surface area contributed by atoms with E-state index < -0.39 is 0 Å². The molecule has 0 nitrogen and oxygen atoms in total. The highest BCUT2D eigenvalue weighted by atomic mass is 32.1. The van der Waals surface area contributed by atoms with Crippen LogP contribution >= 0.6 is 12.6 Å². The molecule has 0 aromatic rings. The van der Waals surface area contributed by atoms with Gasteiger partial charge in [-0.2, -0.15) is 12.6 Å². The Morgan fingerprint density at radius 3 is 2.38 bits per heavy atom. The minimum absolute atomic E-state index is 0.347. The Hall–Kier alpha value is 0.350. The third-order valence-electron chi connectivity index (χ3n) is 2.38. The predicted octanol–water partition coefficient (Wildman–Crippen LogP) is 2.49. The summed E-state index contributed by atoms with van der Waals surface area (Å²) >= 11 is 4.54. The summed E-state index contributed by atoms with van der Waals surface area (Å²) in [7, 11) is 0. The van der Waals surface area contributed by atoms with Crippen LogP contribution in [0.2, 0.25) is 0 Å². The molecule has 1 aliphatic carbocycles. The van der Waals surface area contributed by atoms with E-state index in [1.165, 1.54) is 19.3 Å². The minimum atomic E-state index is 0.347. The van der Waals surface area contributed by atoms with Gasteiger partial charge >= 0.3 is 0 Å². The smallest absolute Gasteiger partial charge is 0.0127 e. The van der Waals surface area contributed by atoms with Gasteiger partial charge < -0.3 is 0 Å². The van der Waals surface area contributed by atoms with Crippen molar-refractivity contribution in [3.63, 3.8) is 0 Å². The molecule has 1 saturated carbocycles. The lowest BCUT2D eigenvalue weighted by Crippen LogP contribution is -2.18. The molecule has 0 radical (unpaired) electrons. The van der Waals surface area contributed by atoms with E-state index >= 15 is 0 Å². The van der Waals surface area contributed by atoms with Gasteiger partial charge in [-0.25, -0.2) is 0 Å². The molecule has 48 valence electrons. The monoisotopic (exact) mass is 130 g/mol. The minimum Gasteiger partial charge on any atom is -0.173 e. The standard InChI is InChI=1S/C7H14S/c1-6-4-3-5-7(6,2)8/h6,8H,3-5H2,1-2H3/t6-,7?/m0/s1. The fourth-order valence-corrected chi connectivity index (χ4v) is 1.61. The summed E-state index contributed by atoms with van der Waals surface area (Å²) in [6.45, 7) is 4.54. The first kappa shape index (κ1) is 6.47. The molecule has 1 heteroatoms. The third kappa shape index (κ3) is 1.02. The summed E-state index contributed by atoms with van der Waals surface area (Å²) in [5, 5.41) is 0. The van der Waals surface area contributed by atoms with Crippen LogP contribution in [0.25, 0.3) is 0 Å². The van der Waals surface area contributed by atoms with Crippen molar-refractivity contribution in [2.75, 3.05) is 0 Å². The average Bonchev–Trinajstić information content (AvgIpc) is 1.86. The van der Waals surface area contributed by atoms with Gasteiger partial charge in [0.15, 0.2) is 0 Å². The number of rotatable bonds is 0. The second-order valence-electron chi connectivity index (χ2n) is 3.15. The Morgan fingerprint density at radius 1 is 1.62 bits per heavy atom. The van der Waals surface area contributed by atoms with E-state index in [1.54, 1.807) is 0 Å². The lowest BCUT2D eigenvalue weighted by atomic mass is 10.00. The summed E-state index contributed by atoms with van der Waals surface area (Å²) in [6, 6.07) is 0. The number of thiol groups is 1. The van der Waals surface area contributed by atoms with E-state index in [0.29, 0.717) is 4.75 Å². The summed E-state index contributed by atoms with van der Waals surface area (Å²) in [5.41, 5.74) is 0. The van der Waals surface area contributed by atoms with Crippen molar-refractivity contribution >= 4 is 12.6 Å². The van der Waals surface area contributed by atoms with Gasteiger partial charge in [-0.1, -0.05) is 20.3 Å². The molecule has 0 aromatic carbocycles. The van der Waals surface area contributed by atoms with Crippen LogP contribution in [0.1, 0.15) is 33.1 Å². The maximum Gasteiger partial charge on any atom is 0.0127 e. The van der Waals surface area contributed by atoms with Crippen LogP contribution in [0.15, 0.2) is 0 Å². The largest absolute Gasteiger partial charge is 0.173 e. The van der Waals surface area contributed by atoms with E-state index in [9.17, 15) is 0 Å². The Kier molecular flexibility index (Phi) is 1.57. The van der Waals surface area contributed by atoms with Gasteiger partial charge in [0, 0.05) is 4.75 Å². The van der Waals surface area contributed by atoms with Crippen molar-refractivity contribution in [2.45, 2.75) is 37.9 Å². The van der Waals surface area contributed by atoms with Crippen molar-refractivity contribution in [2.24, 2.45) is 5.92 Å². The zero-order valence-corrected chi connectivity index (χ0v) is 6.54. The molecule has 1 unspecified atom stereocenters. The second kappa shape index (κ2) is 1.94. The van der Waals surface area contributed by atoms with Crippen LogP contribution in [-0.4, -0.2) is 4.75 Å². The molecule has 1 rings (SSSR count). The molecule has 0 saturated heterocycles. The van der Waals surface area contributed by atoms with E-state index in [1.807, 2.05) is 0 Å². The Balaban J connectivity index is 2.54. The third-order valence-corrected chi connectivity index (χ3v) is 3.05. The normalized spacial score (nSPS) is 47.6. The van der Waals surface area contributed by atoms with Crippen LogP contribution in [0.4, 0.5) is 0 Å². The van der Waals surface area contributed by atoms with Gasteiger partial charge in [0.05, 0.1) is 0 Å². The molecule has 8 heavy (non-hydrogen) atoms. The van der Waals surface area contributed by atoms with Gasteiger partial charge in [0.2, 0.25) is 0 Å². The first-order valence-electron chi connectivity index (χ1n) is 3.35. The zero-order valence-electron chi connectivity index (χ0n) is 5.65. The Bertz CT molecular complexity index is 86.4. The SMILES string of the molecule is C[C@H]1CCCC1(C)S. The lowest BCUT2D eigenvalue weighted by Gasteiger charge is -2.21. The maximum atomic E-state index is 4.54. The number of hydrogen-bond donors (Lipinski definition) is 1. The van der Waals surface area contributed by atoms with Gasteiger partial charge in [-0.3, -0.25) is 0 Å². The lowest BCUT2D eigenvalue weighted by molar-refractivity contribution is 0.507. The van der Waals surface area contributed by atoms with Crippen LogP contribution in [0, 0.1) is 5.92 Å². The van der Waals surface area contributed by atoms with Crippen molar-refractivity contribution in [3.8, 4) is 0 Å². The molecule has 0 aromatic heterocycles. The van der Waals surface area contributed by atoms with E-state index in [2.05, 4.69) is 26.5 Å². The molecular weight excluding hydrogens is 116 g/mol. The fraction of sp³-hybridized carbons (Fsp3) is 1.00. The quantitative estimate of drug-likeness (QED) is 0.478. The summed E-state index contributed by atoms with van der Waals surface area (Å²) in [5.74, 6) is 0.825. The van der Waals surface area contributed by atoms with Crippen LogP contribution in [-0.2, 0) is 0 Å². The van der Waals surface area contributed by atoms with Gasteiger partial charge in [0.1, 0.15) is 0 Å². The molecule has 0 amide bonds. The first-order valence-corrected chi connectivity index (χ1v) is 3.80. The molecule has 0 N–H and O–H groups in total. The molecular formula is C7H14S. The topological polar surface area (TPSA) is 0 Å². The summed E-state index contributed by atoms with van der Waals surface area (Å²) in [4.78, 5) is 0. The molecule has 1 aliphatic rings. The van der Waals surface area contributed by atoms with Crippen LogP contribution in [0.5, 0.6) is 0 Å².